The minimum atomic E-state index is -1.72. The Balaban J connectivity index is 1.54. The van der Waals surface area contributed by atoms with Crippen LogP contribution in [0.1, 0.15) is 101 Å². The van der Waals surface area contributed by atoms with Gasteiger partial charge in [-0.3, -0.25) is 0 Å². The van der Waals surface area contributed by atoms with Crippen LogP contribution >= 0.6 is 8.38 Å². The Bertz CT molecular complexity index is 577. The van der Waals surface area contributed by atoms with E-state index in [9.17, 15) is 8.78 Å². The van der Waals surface area contributed by atoms with E-state index in [-0.39, 0.29) is 11.7 Å². The van der Waals surface area contributed by atoms with Crippen molar-refractivity contribution in [2.45, 2.75) is 95.8 Å². The van der Waals surface area contributed by atoms with Crippen LogP contribution in [0.2, 0.25) is 0 Å². The molecule has 0 unspecified atom stereocenters. The molecule has 0 radical (unpaired) electrons. The Morgan fingerprint density at radius 3 is 2.00 bits per heavy atom. The highest BCUT2D eigenvalue weighted by Gasteiger charge is 2.22. The molecule has 6 heteroatoms. The zero-order valence-corrected chi connectivity index (χ0v) is 18.4. The normalized spacial score (nSPS) is 15.2. The first kappa shape index (κ1) is 24.5. The van der Waals surface area contributed by atoms with E-state index in [0.29, 0.717) is 18.3 Å². The van der Waals surface area contributed by atoms with E-state index in [1.165, 1.54) is 25.7 Å². The van der Waals surface area contributed by atoms with Gasteiger partial charge in [0.1, 0.15) is 0 Å². The molecule has 1 fully saturated rings. The van der Waals surface area contributed by atoms with Gasteiger partial charge in [-0.1, -0.05) is 70.3 Å². The minimum absolute atomic E-state index is 0.0384. The molecule has 1 aliphatic rings. The van der Waals surface area contributed by atoms with Crippen LogP contribution in [0.25, 0.3) is 0 Å². The van der Waals surface area contributed by atoms with Crippen molar-refractivity contribution in [2.24, 2.45) is 0 Å². The van der Waals surface area contributed by atoms with Crippen LogP contribution in [-0.4, -0.2) is 22.6 Å². The number of hydrogen-bond acceptors (Lipinski definition) is 3. The molecular weight excluding hydrogens is 393 g/mol. The van der Waals surface area contributed by atoms with E-state index >= 15 is 0 Å². The van der Waals surface area contributed by atoms with Gasteiger partial charge in [-0.25, -0.2) is 4.39 Å². The van der Waals surface area contributed by atoms with Crippen molar-refractivity contribution >= 4 is 8.38 Å². The second kappa shape index (κ2) is 14.3. The summed E-state index contributed by atoms with van der Waals surface area (Å²) in [7, 11) is -1.72. The first-order valence-corrected chi connectivity index (χ1v) is 12.8. The van der Waals surface area contributed by atoms with E-state index in [2.05, 4.69) is 0 Å². The summed E-state index contributed by atoms with van der Waals surface area (Å²) in [5.41, 5.74) is 0.517. The molecule has 0 amide bonds. The summed E-state index contributed by atoms with van der Waals surface area (Å²) >= 11 is 0. The summed E-state index contributed by atoms with van der Waals surface area (Å²) in [5.74, 6) is -1.36. The van der Waals surface area contributed by atoms with Crippen molar-refractivity contribution in [3.8, 4) is 5.75 Å². The maximum atomic E-state index is 14.4. The van der Waals surface area contributed by atoms with E-state index in [1.54, 1.807) is 12.1 Å². The van der Waals surface area contributed by atoms with E-state index in [1.807, 2.05) is 0 Å². The Labute approximate surface area is 175 Å². The van der Waals surface area contributed by atoms with Gasteiger partial charge in [-0.15, -0.1) is 0 Å². The molecule has 1 aliphatic carbocycles. The van der Waals surface area contributed by atoms with E-state index in [0.717, 1.165) is 64.2 Å². The lowest BCUT2D eigenvalue weighted by atomic mass is 9.84. The molecule has 0 atom stereocenters. The largest absolute Gasteiger partial charge is 0.490 e. The van der Waals surface area contributed by atoms with Crippen LogP contribution < -0.4 is 4.74 Å². The van der Waals surface area contributed by atoms with Crippen molar-refractivity contribution in [1.82, 2.24) is 0 Å². The van der Waals surface area contributed by atoms with E-state index < -0.39 is 20.0 Å². The fourth-order valence-electron chi connectivity index (χ4n) is 4.16. The van der Waals surface area contributed by atoms with Gasteiger partial charge in [-0.2, -0.15) is 4.39 Å². The SMILES string of the molecule is OP(O)CCCCCCCCCCCOc1ccc(C2CCCCC2)c(F)c1F. The van der Waals surface area contributed by atoms with Crippen molar-refractivity contribution in [2.75, 3.05) is 12.8 Å². The minimum Gasteiger partial charge on any atom is -0.490 e. The van der Waals surface area contributed by atoms with Crippen molar-refractivity contribution in [3.05, 3.63) is 29.3 Å². The number of rotatable bonds is 14. The highest BCUT2D eigenvalue weighted by atomic mass is 31.2. The van der Waals surface area contributed by atoms with Gasteiger partial charge in [0.15, 0.2) is 19.9 Å². The maximum Gasteiger partial charge on any atom is 0.200 e. The summed E-state index contributed by atoms with van der Waals surface area (Å²) in [5, 5.41) is 0. The Kier molecular flexibility index (Phi) is 12.1. The first-order valence-electron chi connectivity index (χ1n) is 11.4. The monoisotopic (exact) mass is 430 g/mol. The molecule has 166 valence electrons. The molecule has 0 aromatic heterocycles. The van der Waals surface area contributed by atoms with Crippen molar-refractivity contribution < 1.29 is 23.3 Å². The first-order chi connectivity index (χ1) is 14.1. The standard InChI is InChI=1S/C23H37F2O3P/c24-22-20(19-13-9-8-10-14-19)15-16-21(23(22)25)28-17-11-6-4-2-1-3-5-7-12-18-29(26)27/h15-16,19,26-27H,1-14,17-18H2. The second-order valence-electron chi connectivity index (χ2n) is 8.24. The van der Waals surface area contributed by atoms with Crippen LogP contribution in [0.5, 0.6) is 5.75 Å². The predicted octanol–water partition coefficient (Wildman–Crippen LogP) is 7.20. The topological polar surface area (TPSA) is 49.7 Å². The molecule has 29 heavy (non-hydrogen) atoms. The number of hydrogen-bond donors (Lipinski definition) is 2. The third kappa shape index (κ3) is 9.27. The summed E-state index contributed by atoms with van der Waals surface area (Å²) in [6, 6.07) is 3.31. The zero-order valence-electron chi connectivity index (χ0n) is 17.6. The molecule has 2 rings (SSSR count). The molecule has 0 spiro atoms. The molecular formula is C23H37F2O3P. The lowest BCUT2D eigenvalue weighted by molar-refractivity contribution is 0.283. The smallest absolute Gasteiger partial charge is 0.200 e. The molecule has 0 aliphatic heterocycles. The average Bonchev–Trinajstić information content (AvgIpc) is 2.72. The third-order valence-electron chi connectivity index (χ3n) is 5.88. The Morgan fingerprint density at radius 2 is 1.38 bits per heavy atom. The van der Waals surface area contributed by atoms with Crippen LogP contribution in [0, 0.1) is 11.6 Å². The summed E-state index contributed by atoms with van der Waals surface area (Å²) in [4.78, 5) is 17.7. The van der Waals surface area contributed by atoms with Gasteiger partial charge < -0.3 is 14.5 Å². The van der Waals surface area contributed by atoms with Crippen LogP contribution in [-0.2, 0) is 0 Å². The van der Waals surface area contributed by atoms with Crippen molar-refractivity contribution in [1.29, 1.82) is 0 Å². The van der Waals surface area contributed by atoms with Crippen LogP contribution in [0.3, 0.4) is 0 Å². The van der Waals surface area contributed by atoms with Gasteiger partial charge in [0.2, 0.25) is 5.82 Å². The molecule has 3 nitrogen and oxygen atoms in total. The van der Waals surface area contributed by atoms with Crippen LogP contribution in [0.4, 0.5) is 8.78 Å². The fraction of sp³-hybridized carbons (Fsp3) is 0.739. The van der Waals surface area contributed by atoms with Gasteiger partial charge in [0, 0.05) is 6.16 Å². The summed E-state index contributed by atoms with van der Waals surface area (Å²) in [6.07, 6.45) is 15.5. The number of ether oxygens (including phenoxy) is 1. The quantitative estimate of drug-likeness (QED) is 0.242. The molecule has 1 aromatic rings. The third-order valence-corrected chi connectivity index (χ3v) is 6.60. The number of halogens is 2. The van der Waals surface area contributed by atoms with Gasteiger partial charge in [0.25, 0.3) is 0 Å². The molecule has 1 aromatic carbocycles. The Hall–Kier alpha value is -0.770. The predicted molar refractivity (Wildman–Crippen MR) is 115 cm³/mol. The highest BCUT2D eigenvalue weighted by molar-refractivity contribution is 7.45. The molecule has 0 heterocycles. The van der Waals surface area contributed by atoms with Crippen LogP contribution in [0.15, 0.2) is 12.1 Å². The second-order valence-corrected chi connectivity index (χ2v) is 9.43. The molecule has 1 saturated carbocycles. The zero-order chi connectivity index (χ0) is 20.9. The lowest BCUT2D eigenvalue weighted by Gasteiger charge is -2.23. The molecule has 0 bridgehead atoms. The molecule has 0 saturated heterocycles. The summed E-state index contributed by atoms with van der Waals surface area (Å²) in [6.45, 7) is 0.421. The Morgan fingerprint density at radius 1 is 0.793 bits per heavy atom. The maximum absolute atomic E-state index is 14.4. The average molecular weight is 431 g/mol. The lowest BCUT2D eigenvalue weighted by Crippen LogP contribution is -2.09. The fourth-order valence-corrected chi connectivity index (χ4v) is 4.67. The van der Waals surface area contributed by atoms with Crippen molar-refractivity contribution in [3.63, 3.8) is 0 Å². The van der Waals surface area contributed by atoms with E-state index in [4.69, 9.17) is 14.5 Å². The molecule has 2 N–H and O–H groups in total. The van der Waals surface area contributed by atoms with Gasteiger partial charge in [0.05, 0.1) is 6.61 Å². The number of benzene rings is 1. The number of unbranched alkanes of at least 4 members (excludes halogenated alkanes) is 8. The summed E-state index contributed by atoms with van der Waals surface area (Å²) < 4.78 is 34.3. The highest BCUT2D eigenvalue weighted by Crippen LogP contribution is 2.36. The van der Waals surface area contributed by atoms with Gasteiger partial charge >= 0.3 is 0 Å². The van der Waals surface area contributed by atoms with Gasteiger partial charge in [-0.05, 0) is 43.2 Å².